The van der Waals surface area contributed by atoms with Crippen LogP contribution in [-0.4, -0.2) is 43.2 Å². The smallest absolute Gasteiger partial charge is 0.224 e. The van der Waals surface area contributed by atoms with Crippen LogP contribution < -0.4 is 5.32 Å². The van der Waals surface area contributed by atoms with Gasteiger partial charge in [-0.2, -0.15) is 0 Å². The van der Waals surface area contributed by atoms with Crippen molar-refractivity contribution in [3.05, 3.63) is 34.6 Å². The maximum atomic E-state index is 13.8. The molecular formula is C18H24ClFN2O2. The van der Waals surface area contributed by atoms with E-state index >= 15 is 0 Å². The number of carbonyl (C=O) groups excluding carboxylic acids is 1. The molecule has 0 aliphatic carbocycles. The molecule has 1 amide bonds. The molecule has 6 heteroatoms. The van der Waals surface area contributed by atoms with Gasteiger partial charge in [0, 0.05) is 42.9 Å². The molecule has 0 radical (unpaired) electrons. The van der Waals surface area contributed by atoms with E-state index in [1.54, 1.807) is 12.1 Å². The quantitative estimate of drug-likeness (QED) is 0.903. The highest BCUT2D eigenvalue weighted by Gasteiger charge is 2.30. The molecule has 1 aromatic carbocycles. The summed E-state index contributed by atoms with van der Waals surface area (Å²) in [6.07, 6.45) is 3.99. The van der Waals surface area contributed by atoms with Gasteiger partial charge in [-0.25, -0.2) is 4.39 Å². The second-order valence-corrected chi connectivity index (χ2v) is 7.00. The van der Waals surface area contributed by atoms with Crippen LogP contribution in [0.1, 0.15) is 31.2 Å². The molecule has 0 bridgehead atoms. The number of hydrogen-bond acceptors (Lipinski definition) is 3. The molecule has 2 heterocycles. The first-order valence-corrected chi connectivity index (χ1v) is 9.05. The van der Waals surface area contributed by atoms with Gasteiger partial charge in [-0.05, 0) is 44.4 Å². The Bertz CT molecular complexity index is 558. The van der Waals surface area contributed by atoms with Crippen molar-refractivity contribution >= 4 is 17.5 Å². The minimum Gasteiger partial charge on any atom is -0.381 e. The first kappa shape index (κ1) is 17.6. The number of rotatable bonds is 4. The largest absolute Gasteiger partial charge is 0.381 e. The molecular weight excluding hydrogens is 331 g/mol. The molecule has 24 heavy (non-hydrogen) atoms. The summed E-state index contributed by atoms with van der Waals surface area (Å²) in [5, 5.41) is 3.21. The average Bonchev–Trinajstić information content (AvgIpc) is 2.62. The second-order valence-electron chi connectivity index (χ2n) is 6.60. The summed E-state index contributed by atoms with van der Waals surface area (Å²) in [5.41, 5.74) is 0.351. The lowest BCUT2D eigenvalue weighted by molar-refractivity contribution is -0.127. The third-order valence-corrected chi connectivity index (χ3v) is 5.39. The van der Waals surface area contributed by atoms with Gasteiger partial charge in [-0.3, -0.25) is 9.69 Å². The maximum absolute atomic E-state index is 13.8. The lowest BCUT2D eigenvalue weighted by atomic mass is 9.94. The SMILES string of the molecule is O=C(NCc1c(F)cccc1Cl)[C@@H]1CCCN(C2CCOCC2)C1. The number of ether oxygens (including phenoxy) is 1. The lowest BCUT2D eigenvalue weighted by Gasteiger charge is -2.39. The van der Waals surface area contributed by atoms with E-state index in [1.165, 1.54) is 6.07 Å². The molecule has 0 aromatic heterocycles. The zero-order valence-electron chi connectivity index (χ0n) is 13.8. The van der Waals surface area contributed by atoms with Crippen LogP contribution in [0.3, 0.4) is 0 Å². The third kappa shape index (κ3) is 4.26. The summed E-state index contributed by atoms with van der Waals surface area (Å²) >= 11 is 6.01. The minimum absolute atomic E-state index is 0.00826. The average molecular weight is 355 g/mol. The van der Waals surface area contributed by atoms with Crippen molar-refractivity contribution in [2.24, 2.45) is 5.92 Å². The van der Waals surface area contributed by atoms with Gasteiger partial charge in [-0.1, -0.05) is 17.7 Å². The van der Waals surface area contributed by atoms with Crippen LogP contribution in [0.25, 0.3) is 0 Å². The van der Waals surface area contributed by atoms with E-state index in [-0.39, 0.29) is 24.2 Å². The van der Waals surface area contributed by atoms with Crippen LogP contribution in [0.5, 0.6) is 0 Å². The predicted molar refractivity (Wildman–Crippen MR) is 91.4 cm³/mol. The predicted octanol–water partition coefficient (Wildman–Crippen LogP) is 2.99. The highest BCUT2D eigenvalue weighted by molar-refractivity contribution is 6.31. The number of likely N-dealkylation sites (tertiary alicyclic amines) is 1. The van der Waals surface area contributed by atoms with Crippen LogP contribution in [0, 0.1) is 11.7 Å². The Balaban J connectivity index is 1.54. The van der Waals surface area contributed by atoms with E-state index < -0.39 is 0 Å². The van der Waals surface area contributed by atoms with Crippen LogP contribution in [-0.2, 0) is 16.1 Å². The van der Waals surface area contributed by atoms with Crippen molar-refractivity contribution in [3.8, 4) is 0 Å². The molecule has 0 unspecified atom stereocenters. The normalized spacial score (nSPS) is 23.2. The van der Waals surface area contributed by atoms with E-state index in [0.717, 1.165) is 52.0 Å². The van der Waals surface area contributed by atoms with Gasteiger partial charge in [-0.15, -0.1) is 0 Å². The molecule has 2 aliphatic heterocycles. The van der Waals surface area contributed by atoms with Gasteiger partial charge >= 0.3 is 0 Å². The monoisotopic (exact) mass is 354 g/mol. The van der Waals surface area contributed by atoms with Gasteiger partial charge in [0.05, 0.1) is 5.92 Å². The molecule has 3 rings (SSSR count). The number of amides is 1. The van der Waals surface area contributed by atoms with Gasteiger partial charge in [0.25, 0.3) is 0 Å². The van der Waals surface area contributed by atoms with Gasteiger partial charge in [0.2, 0.25) is 5.91 Å². The molecule has 2 fully saturated rings. The zero-order valence-corrected chi connectivity index (χ0v) is 14.5. The standard InChI is InChI=1S/C18H24ClFN2O2/c19-16-4-1-5-17(20)15(16)11-21-18(23)13-3-2-8-22(12-13)14-6-9-24-10-7-14/h1,4-5,13-14H,2-3,6-12H2,(H,21,23)/t13-/m1/s1. The Morgan fingerprint density at radius 3 is 2.88 bits per heavy atom. The van der Waals surface area contributed by atoms with E-state index in [0.29, 0.717) is 16.6 Å². The van der Waals surface area contributed by atoms with Gasteiger partial charge in [0.1, 0.15) is 5.82 Å². The summed E-state index contributed by atoms with van der Waals surface area (Å²) in [4.78, 5) is 14.9. The van der Waals surface area contributed by atoms with E-state index in [1.807, 2.05) is 0 Å². The van der Waals surface area contributed by atoms with Crippen LogP contribution in [0.4, 0.5) is 4.39 Å². The van der Waals surface area contributed by atoms with Crippen LogP contribution in [0.15, 0.2) is 18.2 Å². The number of halogens is 2. The van der Waals surface area contributed by atoms with E-state index in [4.69, 9.17) is 16.3 Å². The van der Waals surface area contributed by atoms with Crippen molar-refractivity contribution in [2.75, 3.05) is 26.3 Å². The fraction of sp³-hybridized carbons (Fsp3) is 0.611. The highest BCUT2D eigenvalue weighted by Crippen LogP contribution is 2.24. The summed E-state index contributed by atoms with van der Waals surface area (Å²) in [6, 6.07) is 5.09. The molecule has 2 saturated heterocycles. The number of benzene rings is 1. The van der Waals surface area contributed by atoms with Crippen LogP contribution >= 0.6 is 11.6 Å². The Labute approximate surface area is 147 Å². The second kappa shape index (κ2) is 8.28. The molecule has 1 N–H and O–H groups in total. The summed E-state index contributed by atoms with van der Waals surface area (Å²) < 4.78 is 19.2. The topological polar surface area (TPSA) is 41.6 Å². The van der Waals surface area contributed by atoms with Gasteiger partial charge in [0.15, 0.2) is 0 Å². The lowest BCUT2D eigenvalue weighted by Crippen LogP contribution is -2.48. The Hall–Kier alpha value is -1.17. The summed E-state index contributed by atoms with van der Waals surface area (Å²) in [5.74, 6) is -0.423. The third-order valence-electron chi connectivity index (χ3n) is 5.03. The molecule has 132 valence electrons. The van der Waals surface area contributed by atoms with Crippen molar-refractivity contribution < 1.29 is 13.9 Å². The Morgan fingerprint density at radius 1 is 1.33 bits per heavy atom. The molecule has 1 aromatic rings. The Kier molecular flexibility index (Phi) is 6.09. The molecule has 0 saturated carbocycles. The minimum atomic E-state index is -0.379. The van der Waals surface area contributed by atoms with Gasteiger partial charge < -0.3 is 10.1 Å². The summed E-state index contributed by atoms with van der Waals surface area (Å²) in [6.45, 7) is 3.58. The van der Waals surface area contributed by atoms with Crippen molar-refractivity contribution in [1.29, 1.82) is 0 Å². The van der Waals surface area contributed by atoms with Crippen molar-refractivity contribution in [3.63, 3.8) is 0 Å². The maximum Gasteiger partial charge on any atom is 0.224 e. The van der Waals surface area contributed by atoms with Crippen molar-refractivity contribution in [2.45, 2.75) is 38.3 Å². The number of nitrogens with zero attached hydrogens (tertiary/aromatic N) is 1. The first-order valence-electron chi connectivity index (χ1n) is 8.67. The molecule has 1 atom stereocenters. The molecule has 0 spiro atoms. The first-order chi connectivity index (χ1) is 11.6. The molecule has 2 aliphatic rings. The fourth-order valence-corrected chi connectivity index (χ4v) is 3.85. The molecule has 4 nitrogen and oxygen atoms in total. The number of carbonyl (C=O) groups is 1. The fourth-order valence-electron chi connectivity index (χ4n) is 3.62. The number of hydrogen-bond donors (Lipinski definition) is 1. The van der Waals surface area contributed by atoms with Crippen molar-refractivity contribution in [1.82, 2.24) is 10.2 Å². The number of piperidine rings is 1. The van der Waals surface area contributed by atoms with E-state index in [9.17, 15) is 9.18 Å². The number of nitrogens with one attached hydrogen (secondary N) is 1. The zero-order chi connectivity index (χ0) is 16.9. The summed E-state index contributed by atoms with van der Waals surface area (Å²) in [7, 11) is 0. The van der Waals surface area contributed by atoms with Crippen LogP contribution in [0.2, 0.25) is 5.02 Å². The Morgan fingerprint density at radius 2 is 2.12 bits per heavy atom. The highest BCUT2D eigenvalue weighted by atomic mass is 35.5. The van der Waals surface area contributed by atoms with E-state index in [2.05, 4.69) is 10.2 Å².